The number of rotatable bonds is 6. The summed E-state index contributed by atoms with van der Waals surface area (Å²) < 4.78 is 5.57. The fourth-order valence-corrected chi connectivity index (χ4v) is 4.34. The first-order valence-electron chi connectivity index (χ1n) is 9.86. The van der Waals surface area contributed by atoms with Gasteiger partial charge < -0.3 is 10.1 Å². The van der Waals surface area contributed by atoms with Gasteiger partial charge in [0.15, 0.2) is 0 Å². The summed E-state index contributed by atoms with van der Waals surface area (Å²) >= 11 is 0. The monoisotopic (exact) mass is 355 g/mol. The largest absolute Gasteiger partial charge is 0.379 e. The zero-order chi connectivity index (χ0) is 17.7. The van der Waals surface area contributed by atoms with Crippen molar-refractivity contribution in [2.24, 2.45) is 0 Å². The summed E-state index contributed by atoms with van der Waals surface area (Å²) in [6, 6.07) is 10.1. The van der Waals surface area contributed by atoms with Crippen molar-refractivity contribution in [2.45, 2.75) is 44.2 Å². The topological polar surface area (TPSA) is 55.2 Å². The zero-order valence-electron chi connectivity index (χ0n) is 15.4. The lowest BCUT2D eigenvalue weighted by Gasteiger charge is -2.48. The van der Waals surface area contributed by atoms with E-state index in [4.69, 9.17) is 4.74 Å². The zero-order valence-corrected chi connectivity index (χ0v) is 15.4. The molecule has 0 bridgehead atoms. The third-order valence-electron chi connectivity index (χ3n) is 5.75. The van der Waals surface area contributed by atoms with Gasteiger partial charge in [-0.15, -0.1) is 0 Å². The molecular weight excluding hydrogens is 326 g/mol. The van der Waals surface area contributed by atoms with Crippen molar-refractivity contribution in [1.29, 1.82) is 0 Å². The highest BCUT2D eigenvalue weighted by molar-refractivity contribution is 5.28. The number of para-hydroxylation sites is 1. The molecule has 0 spiro atoms. The van der Waals surface area contributed by atoms with Crippen LogP contribution in [0.15, 0.2) is 36.5 Å². The average molecular weight is 355 g/mol. The van der Waals surface area contributed by atoms with Crippen molar-refractivity contribution in [2.75, 3.05) is 32.8 Å². The Morgan fingerprint density at radius 3 is 2.58 bits per heavy atom. The van der Waals surface area contributed by atoms with Gasteiger partial charge in [0.1, 0.15) is 0 Å². The summed E-state index contributed by atoms with van der Waals surface area (Å²) in [6.07, 6.45) is 8.49. The molecular formula is C20H29N5O. The summed E-state index contributed by atoms with van der Waals surface area (Å²) in [6.45, 7) is 5.64. The van der Waals surface area contributed by atoms with Crippen molar-refractivity contribution in [3.8, 4) is 5.69 Å². The smallest absolute Gasteiger partial charge is 0.0969 e. The van der Waals surface area contributed by atoms with Crippen LogP contribution in [0.25, 0.3) is 5.69 Å². The minimum Gasteiger partial charge on any atom is -0.379 e. The van der Waals surface area contributed by atoms with Crippen molar-refractivity contribution < 1.29 is 4.74 Å². The Kier molecular flexibility index (Phi) is 5.62. The Bertz CT molecular complexity index is 675. The van der Waals surface area contributed by atoms with Gasteiger partial charge in [0.05, 0.1) is 30.8 Å². The van der Waals surface area contributed by atoms with Crippen LogP contribution in [0.4, 0.5) is 0 Å². The summed E-state index contributed by atoms with van der Waals surface area (Å²) in [5, 5.41) is 12.7. The third-order valence-corrected chi connectivity index (χ3v) is 5.75. The normalized spacial score (nSPS) is 20.9. The summed E-state index contributed by atoms with van der Waals surface area (Å²) in [7, 11) is 0. The summed E-state index contributed by atoms with van der Waals surface area (Å²) in [5.41, 5.74) is 2.27. The van der Waals surface area contributed by atoms with Gasteiger partial charge in [0.2, 0.25) is 0 Å². The Hall–Kier alpha value is -1.76. The van der Waals surface area contributed by atoms with E-state index in [1.807, 2.05) is 36.5 Å². The standard InChI is InChI=1S/C20H29N5O/c1-3-7-19(8-4-1)25-22-16-18(23-25)15-21-17-20(9-5-2-6-10-20)24-11-13-26-14-12-24/h1,3-4,7-8,16,21H,2,5-6,9-15,17H2. The first kappa shape index (κ1) is 17.6. The number of ether oxygens (including phenoxy) is 1. The predicted octanol–water partition coefficient (Wildman–Crippen LogP) is 2.39. The quantitative estimate of drug-likeness (QED) is 0.862. The van der Waals surface area contributed by atoms with E-state index < -0.39 is 0 Å². The Morgan fingerprint density at radius 2 is 1.81 bits per heavy atom. The maximum atomic E-state index is 5.57. The number of aromatic nitrogens is 3. The Labute approximate surface area is 155 Å². The number of morpholine rings is 1. The van der Waals surface area contributed by atoms with Crippen LogP contribution >= 0.6 is 0 Å². The molecule has 1 aromatic carbocycles. The molecule has 1 aliphatic heterocycles. The second-order valence-corrected chi connectivity index (χ2v) is 7.45. The van der Waals surface area contributed by atoms with Crippen LogP contribution in [-0.2, 0) is 11.3 Å². The number of nitrogens with one attached hydrogen (secondary N) is 1. The lowest BCUT2D eigenvalue weighted by atomic mass is 9.79. The van der Waals surface area contributed by atoms with Crippen molar-refractivity contribution in [1.82, 2.24) is 25.2 Å². The molecule has 6 nitrogen and oxygen atoms in total. The van der Waals surface area contributed by atoms with Gasteiger partial charge in [0, 0.05) is 31.7 Å². The summed E-state index contributed by atoms with van der Waals surface area (Å²) in [5.74, 6) is 0. The molecule has 6 heteroatoms. The molecule has 4 rings (SSSR count). The number of nitrogens with zero attached hydrogens (tertiary/aromatic N) is 4. The molecule has 0 unspecified atom stereocenters. The van der Waals surface area contributed by atoms with Gasteiger partial charge in [-0.25, -0.2) is 0 Å². The molecule has 1 aliphatic carbocycles. The molecule has 26 heavy (non-hydrogen) atoms. The van der Waals surface area contributed by atoms with E-state index in [0.717, 1.165) is 50.8 Å². The molecule has 1 saturated heterocycles. The average Bonchev–Trinajstić information content (AvgIpc) is 3.19. The van der Waals surface area contributed by atoms with E-state index in [2.05, 4.69) is 20.4 Å². The molecule has 0 radical (unpaired) electrons. The van der Waals surface area contributed by atoms with Gasteiger partial charge in [0.25, 0.3) is 0 Å². The van der Waals surface area contributed by atoms with Crippen LogP contribution in [0.5, 0.6) is 0 Å². The van der Waals surface area contributed by atoms with Crippen molar-refractivity contribution in [3.05, 3.63) is 42.2 Å². The molecule has 1 N–H and O–H groups in total. The second-order valence-electron chi connectivity index (χ2n) is 7.45. The van der Waals surface area contributed by atoms with Crippen LogP contribution in [0.3, 0.4) is 0 Å². The first-order chi connectivity index (χ1) is 12.9. The first-order valence-corrected chi connectivity index (χ1v) is 9.86. The van der Waals surface area contributed by atoms with Gasteiger partial charge in [-0.3, -0.25) is 4.90 Å². The molecule has 0 amide bonds. The molecule has 140 valence electrons. The molecule has 2 heterocycles. The number of hydrogen-bond acceptors (Lipinski definition) is 5. The van der Waals surface area contributed by atoms with E-state index in [0.29, 0.717) is 0 Å². The minimum absolute atomic E-state index is 0.289. The summed E-state index contributed by atoms with van der Waals surface area (Å²) in [4.78, 5) is 4.37. The van der Waals surface area contributed by atoms with Crippen LogP contribution in [0.2, 0.25) is 0 Å². The highest BCUT2D eigenvalue weighted by Crippen LogP contribution is 2.33. The molecule has 2 aliphatic rings. The molecule has 2 aromatic rings. The van der Waals surface area contributed by atoms with Gasteiger partial charge >= 0.3 is 0 Å². The molecule has 1 saturated carbocycles. The van der Waals surface area contributed by atoms with E-state index >= 15 is 0 Å². The van der Waals surface area contributed by atoms with Gasteiger partial charge in [-0.1, -0.05) is 37.5 Å². The Morgan fingerprint density at radius 1 is 1.04 bits per heavy atom. The van der Waals surface area contributed by atoms with E-state index in [-0.39, 0.29) is 5.54 Å². The van der Waals surface area contributed by atoms with Crippen molar-refractivity contribution >= 4 is 0 Å². The van der Waals surface area contributed by atoms with Crippen LogP contribution in [0.1, 0.15) is 37.8 Å². The fraction of sp³-hybridized carbons (Fsp3) is 0.600. The third kappa shape index (κ3) is 3.98. The number of hydrogen-bond donors (Lipinski definition) is 1. The Balaban J connectivity index is 1.37. The predicted molar refractivity (Wildman–Crippen MR) is 101 cm³/mol. The van der Waals surface area contributed by atoms with Crippen molar-refractivity contribution in [3.63, 3.8) is 0 Å². The SMILES string of the molecule is c1ccc(-n2ncc(CNCC3(N4CCOCC4)CCCCC3)n2)cc1. The maximum absolute atomic E-state index is 5.57. The highest BCUT2D eigenvalue weighted by Gasteiger charge is 2.38. The maximum Gasteiger partial charge on any atom is 0.0969 e. The van der Waals surface area contributed by atoms with Gasteiger partial charge in [-0.2, -0.15) is 15.0 Å². The number of benzene rings is 1. The highest BCUT2D eigenvalue weighted by atomic mass is 16.5. The van der Waals surface area contributed by atoms with Crippen LogP contribution in [0, 0.1) is 0 Å². The lowest BCUT2D eigenvalue weighted by molar-refractivity contribution is -0.0369. The van der Waals surface area contributed by atoms with Crippen LogP contribution in [-0.4, -0.2) is 58.3 Å². The lowest BCUT2D eigenvalue weighted by Crippen LogP contribution is -2.59. The second kappa shape index (κ2) is 8.29. The molecule has 1 aromatic heterocycles. The van der Waals surface area contributed by atoms with E-state index in [1.54, 1.807) is 4.80 Å². The minimum atomic E-state index is 0.289. The van der Waals surface area contributed by atoms with E-state index in [9.17, 15) is 0 Å². The molecule has 2 fully saturated rings. The van der Waals surface area contributed by atoms with E-state index in [1.165, 1.54) is 32.1 Å². The van der Waals surface area contributed by atoms with Crippen LogP contribution < -0.4 is 5.32 Å². The molecule has 0 atom stereocenters. The fourth-order valence-electron chi connectivity index (χ4n) is 4.34. The van der Waals surface area contributed by atoms with Gasteiger partial charge in [-0.05, 0) is 25.0 Å².